The molecule has 30 heavy (non-hydrogen) atoms. The normalized spacial score (nSPS) is 19.0. The summed E-state index contributed by atoms with van der Waals surface area (Å²) in [6.07, 6.45) is 4.86. The minimum Gasteiger partial charge on any atom is -0.493 e. The van der Waals surface area contributed by atoms with Crippen molar-refractivity contribution in [1.29, 1.82) is 0 Å². The molecule has 9 heteroatoms. The SMILES string of the molecule is CCOc1ccccc1C(=O)N1CCCC1C(=O)Nc1nc(N2CCCCC2)n[nH]1. The van der Waals surface area contributed by atoms with Crippen LogP contribution in [0.4, 0.5) is 11.9 Å². The third-order valence-corrected chi connectivity index (χ3v) is 5.59. The molecule has 9 nitrogen and oxygen atoms in total. The quantitative estimate of drug-likeness (QED) is 0.755. The van der Waals surface area contributed by atoms with Crippen LogP contribution in [0.15, 0.2) is 24.3 Å². The van der Waals surface area contributed by atoms with Crippen molar-refractivity contribution < 1.29 is 14.3 Å². The highest BCUT2D eigenvalue weighted by Crippen LogP contribution is 2.26. The van der Waals surface area contributed by atoms with Crippen molar-refractivity contribution >= 4 is 23.7 Å². The van der Waals surface area contributed by atoms with Crippen LogP contribution in [0.25, 0.3) is 0 Å². The van der Waals surface area contributed by atoms with Crippen molar-refractivity contribution in [3.8, 4) is 5.75 Å². The van der Waals surface area contributed by atoms with Crippen LogP contribution in [0.2, 0.25) is 0 Å². The third kappa shape index (κ3) is 4.24. The number of nitrogens with one attached hydrogen (secondary N) is 2. The number of aromatic nitrogens is 3. The Morgan fingerprint density at radius 1 is 1.17 bits per heavy atom. The summed E-state index contributed by atoms with van der Waals surface area (Å²) in [5.41, 5.74) is 0.478. The highest BCUT2D eigenvalue weighted by atomic mass is 16.5. The van der Waals surface area contributed by atoms with Crippen LogP contribution < -0.4 is 15.0 Å². The van der Waals surface area contributed by atoms with Gasteiger partial charge in [-0.2, -0.15) is 4.98 Å². The molecule has 2 fully saturated rings. The molecule has 0 spiro atoms. The zero-order valence-electron chi connectivity index (χ0n) is 17.3. The monoisotopic (exact) mass is 412 g/mol. The molecule has 1 atom stereocenters. The molecule has 0 radical (unpaired) electrons. The standard InChI is InChI=1S/C21H28N6O3/c1-2-30-17-11-5-4-9-15(17)19(29)27-14-8-10-16(27)18(28)22-20-23-21(25-24-20)26-12-6-3-7-13-26/h4-5,9,11,16H,2-3,6-8,10,12-14H2,1H3,(H2,22,23,24,25,28). The molecular formula is C21H28N6O3. The largest absolute Gasteiger partial charge is 0.493 e. The second-order valence-electron chi connectivity index (χ2n) is 7.61. The van der Waals surface area contributed by atoms with Gasteiger partial charge in [-0.25, -0.2) is 5.10 Å². The number of piperidine rings is 1. The first kappa shape index (κ1) is 20.2. The number of nitrogens with zero attached hydrogens (tertiary/aromatic N) is 4. The van der Waals surface area contributed by atoms with Gasteiger partial charge < -0.3 is 14.5 Å². The van der Waals surface area contributed by atoms with E-state index in [9.17, 15) is 9.59 Å². The Labute approximate surface area is 175 Å². The van der Waals surface area contributed by atoms with Gasteiger partial charge in [0.1, 0.15) is 11.8 Å². The van der Waals surface area contributed by atoms with Crippen LogP contribution >= 0.6 is 0 Å². The van der Waals surface area contributed by atoms with E-state index in [1.165, 1.54) is 6.42 Å². The lowest BCUT2D eigenvalue weighted by Gasteiger charge is -2.25. The number of likely N-dealkylation sites (tertiary alicyclic amines) is 1. The number of H-pyrrole nitrogens is 1. The highest BCUT2D eigenvalue weighted by molar-refractivity contribution is 6.02. The number of amides is 2. The predicted molar refractivity (Wildman–Crippen MR) is 113 cm³/mol. The van der Waals surface area contributed by atoms with Crippen LogP contribution in [0.5, 0.6) is 5.75 Å². The van der Waals surface area contributed by atoms with E-state index in [1.807, 2.05) is 13.0 Å². The molecule has 1 aromatic carbocycles. The summed E-state index contributed by atoms with van der Waals surface area (Å²) in [7, 11) is 0. The van der Waals surface area contributed by atoms with Gasteiger partial charge in [-0.05, 0) is 51.2 Å². The van der Waals surface area contributed by atoms with Crippen LogP contribution in [0, 0.1) is 0 Å². The summed E-state index contributed by atoms with van der Waals surface area (Å²) in [4.78, 5) is 34.2. The molecule has 4 rings (SSSR count). The average molecular weight is 412 g/mol. The fourth-order valence-electron chi connectivity index (χ4n) is 4.11. The lowest BCUT2D eigenvalue weighted by Crippen LogP contribution is -2.43. The minimum atomic E-state index is -0.546. The van der Waals surface area contributed by atoms with E-state index in [-0.39, 0.29) is 11.8 Å². The van der Waals surface area contributed by atoms with E-state index < -0.39 is 6.04 Å². The van der Waals surface area contributed by atoms with Crippen molar-refractivity contribution in [1.82, 2.24) is 20.1 Å². The summed E-state index contributed by atoms with van der Waals surface area (Å²) < 4.78 is 5.59. The van der Waals surface area contributed by atoms with Crippen molar-refractivity contribution in [2.75, 3.05) is 36.5 Å². The van der Waals surface area contributed by atoms with Gasteiger partial charge in [0.2, 0.25) is 17.8 Å². The van der Waals surface area contributed by atoms with Gasteiger partial charge in [-0.15, -0.1) is 5.10 Å². The first-order chi connectivity index (χ1) is 14.7. The average Bonchev–Trinajstić information content (AvgIpc) is 3.44. The Morgan fingerprint density at radius 2 is 1.97 bits per heavy atom. The zero-order chi connectivity index (χ0) is 20.9. The minimum absolute atomic E-state index is 0.191. The summed E-state index contributed by atoms with van der Waals surface area (Å²) in [6, 6.07) is 6.60. The topological polar surface area (TPSA) is 103 Å². The lowest BCUT2D eigenvalue weighted by atomic mass is 10.1. The van der Waals surface area contributed by atoms with Gasteiger partial charge in [-0.3, -0.25) is 14.9 Å². The van der Waals surface area contributed by atoms with Crippen molar-refractivity contribution in [2.45, 2.75) is 45.1 Å². The first-order valence-electron chi connectivity index (χ1n) is 10.7. The predicted octanol–water partition coefficient (Wildman–Crippen LogP) is 2.44. The molecule has 2 aromatic rings. The maximum Gasteiger partial charge on any atom is 0.258 e. The Kier molecular flexibility index (Phi) is 6.15. The molecule has 2 N–H and O–H groups in total. The number of rotatable bonds is 6. The van der Waals surface area contributed by atoms with Crippen LogP contribution in [0.3, 0.4) is 0 Å². The van der Waals surface area contributed by atoms with E-state index in [1.54, 1.807) is 23.1 Å². The van der Waals surface area contributed by atoms with Crippen molar-refractivity contribution in [3.05, 3.63) is 29.8 Å². The van der Waals surface area contributed by atoms with E-state index in [2.05, 4.69) is 25.4 Å². The molecule has 2 saturated heterocycles. The number of ether oxygens (including phenoxy) is 1. The summed E-state index contributed by atoms with van der Waals surface area (Å²) >= 11 is 0. The molecule has 2 amide bonds. The van der Waals surface area contributed by atoms with E-state index >= 15 is 0 Å². The number of carbonyl (C=O) groups is 2. The molecule has 1 aromatic heterocycles. The number of hydrogen-bond acceptors (Lipinski definition) is 6. The fourth-order valence-corrected chi connectivity index (χ4v) is 4.11. The Balaban J connectivity index is 1.44. The Hall–Kier alpha value is -3.10. The number of benzene rings is 1. The Morgan fingerprint density at radius 3 is 2.77 bits per heavy atom. The molecule has 2 aliphatic heterocycles. The van der Waals surface area contributed by atoms with E-state index in [0.29, 0.717) is 42.8 Å². The number of anilines is 2. The van der Waals surface area contributed by atoms with Gasteiger partial charge in [-0.1, -0.05) is 12.1 Å². The van der Waals surface area contributed by atoms with Crippen LogP contribution in [0.1, 0.15) is 49.4 Å². The molecule has 160 valence electrons. The van der Waals surface area contributed by atoms with E-state index in [0.717, 1.165) is 32.4 Å². The molecule has 3 heterocycles. The summed E-state index contributed by atoms with van der Waals surface area (Å²) in [6.45, 7) is 4.74. The van der Waals surface area contributed by atoms with Crippen LogP contribution in [-0.4, -0.2) is 64.2 Å². The molecule has 1 unspecified atom stereocenters. The summed E-state index contributed by atoms with van der Waals surface area (Å²) in [5.74, 6) is 1.02. The third-order valence-electron chi connectivity index (χ3n) is 5.59. The van der Waals surface area contributed by atoms with Crippen LogP contribution in [-0.2, 0) is 4.79 Å². The second kappa shape index (κ2) is 9.15. The smallest absolute Gasteiger partial charge is 0.258 e. The number of hydrogen-bond donors (Lipinski definition) is 2. The molecule has 2 aliphatic rings. The highest BCUT2D eigenvalue weighted by Gasteiger charge is 2.36. The summed E-state index contributed by atoms with van der Waals surface area (Å²) in [5, 5.41) is 9.83. The fraction of sp³-hybridized carbons (Fsp3) is 0.524. The molecule has 0 aliphatic carbocycles. The van der Waals surface area contributed by atoms with Gasteiger partial charge >= 0.3 is 0 Å². The van der Waals surface area contributed by atoms with Crippen molar-refractivity contribution in [3.63, 3.8) is 0 Å². The molecule has 0 saturated carbocycles. The van der Waals surface area contributed by atoms with Gasteiger partial charge in [0.05, 0.1) is 12.2 Å². The Bertz CT molecular complexity index is 892. The number of para-hydroxylation sites is 1. The van der Waals surface area contributed by atoms with Gasteiger partial charge in [0.15, 0.2) is 0 Å². The molecule has 0 bridgehead atoms. The first-order valence-corrected chi connectivity index (χ1v) is 10.7. The lowest BCUT2D eigenvalue weighted by molar-refractivity contribution is -0.119. The molecular weight excluding hydrogens is 384 g/mol. The maximum absolute atomic E-state index is 13.1. The van der Waals surface area contributed by atoms with Crippen molar-refractivity contribution in [2.24, 2.45) is 0 Å². The zero-order valence-corrected chi connectivity index (χ0v) is 17.3. The second-order valence-corrected chi connectivity index (χ2v) is 7.61. The number of aromatic amines is 1. The van der Waals surface area contributed by atoms with E-state index in [4.69, 9.17) is 4.74 Å². The van der Waals surface area contributed by atoms with Gasteiger partial charge in [0.25, 0.3) is 5.91 Å². The van der Waals surface area contributed by atoms with Gasteiger partial charge in [0, 0.05) is 19.6 Å². The number of carbonyl (C=O) groups excluding carboxylic acids is 2. The maximum atomic E-state index is 13.1.